The number of amides is 1. The summed E-state index contributed by atoms with van der Waals surface area (Å²) in [5.41, 5.74) is 5.18. The summed E-state index contributed by atoms with van der Waals surface area (Å²) in [6.45, 7) is 0.222. The number of carbonyl (C=O) groups is 2. The van der Waals surface area contributed by atoms with E-state index in [0.717, 1.165) is 38.5 Å². The normalized spacial score (nSPS) is 20.3. The Hall–Kier alpha value is -1.14. The molecule has 1 aliphatic carbocycles. The van der Waals surface area contributed by atoms with Gasteiger partial charge in [0, 0.05) is 13.7 Å². The molecule has 0 saturated heterocycles. The minimum atomic E-state index is -1.09. The van der Waals surface area contributed by atoms with Crippen molar-refractivity contribution in [3.05, 3.63) is 0 Å². The lowest BCUT2D eigenvalue weighted by molar-refractivity contribution is -0.145. The van der Waals surface area contributed by atoms with Crippen molar-refractivity contribution in [1.29, 1.82) is 0 Å². The molecule has 0 bridgehead atoms. The SMILES string of the molecule is COCC(NC(=O)C1(CN)CCCCCC1)C(=O)O. The van der Waals surface area contributed by atoms with E-state index >= 15 is 0 Å². The number of nitrogens with two attached hydrogens (primary N) is 1. The lowest BCUT2D eigenvalue weighted by Crippen LogP contribution is -2.52. The molecule has 1 aliphatic rings. The summed E-state index contributed by atoms with van der Waals surface area (Å²) in [5, 5.41) is 11.6. The van der Waals surface area contributed by atoms with Gasteiger partial charge in [0.15, 0.2) is 6.04 Å². The van der Waals surface area contributed by atoms with Crippen LogP contribution in [-0.4, -0.2) is 43.3 Å². The molecule has 0 aromatic rings. The van der Waals surface area contributed by atoms with E-state index in [1.165, 1.54) is 7.11 Å². The molecule has 1 amide bonds. The number of carboxylic acid groups (broad SMARTS) is 1. The van der Waals surface area contributed by atoms with Crippen molar-refractivity contribution in [3.8, 4) is 0 Å². The summed E-state index contributed by atoms with van der Waals surface area (Å²) in [4.78, 5) is 23.4. The summed E-state index contributed by atoms with van der Waals surface area (Å²) in [6, 6.07) is -1.01. The number of hydrogen-bond acceptors (Lipinski definition) is 4. The molecule has 0 aromatic heterocycles. The standard InChI is InChI=1S/C13H24N2O4/c1-19-8-10(11(16)17)15-12(18)13(9-14)6-4-2-3-5-7-13/h10H,2-9,14H2,1H3,(H,15,18)(H,16,17). The Bertz CT molecular complexity index is 312. The molecule has 6 heteroatoms. The molecular formula is C13H24N2O4. The Morgan fingerprint density at radius 2 is 1.89 bits per heavy atom. The van der Waals surface area contributed by atoms with Gasteiger partial charge < -0.3 is 20.9 Å². The summed E-state index contributed by atoms with van der Waals surface area (Å²) >= 11 is 0. The fourth-order valence-corrected chi connectivity index (χ4v) is 2.58. The monoisotopic (exact) mass is 272 g/mol. The van der Waals surface area contributed by atoms with Crippen LogP contribution in [0.2, 0.25) is 0 Å². The van der Waals surface area contributed by atoms with E-state index < -0.39 is 17.4 Å². The zero-order valence-electron chi connectivity index (χ0n) is 11.5. The van der Waals surface area contributed by atoms with Crippen molar-refractivity contribution in [2.24, 2.45) is 11.1 Å². The minimum absolute atomic E-state index is 0.0400. The van der Waals surface area contributed by atoms with E-state index in [2.05, 4.69) is 5.32 Å². The van der Waals surface area contributed by atoms with Crippen molar-refractivity contribution in [1.82, 2.24) is 5.32 Å². The van der Waals surface area contributed by atoms with Gasteiger partial charge in [-0.2, -0.15) is 0 Å². The van der Waals surface area contributed by atoms with Crippen LogP contribution in [-0.2, 0) is 14.3 Å². The van der Waals surface area contributed by atoms with Crippen LogP contribution >= 0.6 is 0 Å². The molecule has 110 valence electrons. The third-order valence-corrected chi connectivity index (χ3v) is 3.87. The predicted octanol–water partition coefficient (Wildman–Crippen LogP) is 0.502. The van der Waals surface area contributed by atoms with Gasteiger partial charge in [0.1, 0.15) is 0 Å². The predicted molar refractivity (Wildman–Crippen MR) is 70.6 cm³/mol. The number of rotatable bonds is 6. The van der Waals surface area contributed by atoms with Gasteiger partial charge in [0.25, 0.3) is 0 Å². The van der Waals surface area contributed by atoms with Gasteiger partial charge in [0.05, 0.1) is 12.0 Å². The van der Waals surface area contributed by atoms with Crippen LogP contribution in [0.1, 0.15) is 38.5 Å². The van der Waals surface area contributed by atoms with Gasteiger partial charge in [-0.3, -0.25) is 4.79 Å². The second-order valence-electron chi connectivity index (χ2n) is 5.22. The van der Waals surface area contributed by atoms with Crippen molar-refractivity contribution >= 4 is 11.9 Å². The highest BCUT2D eigenvalue weighted by Gasteiger charge is 2.38. The largest absolute Gasteiger partial charge is 0.480 e. The summed E-state index contributed by atoms with van der Waals surface area (Å²) < 4.78 is 4.82. The molecule has 6 nitrogen and oxygen atoms in total. The Balaban J connectivity index is 2.73. The third kappa shape index (κ3) is 4.18. The maximum absolute atomic E-state index is 12.4. The second-order valence-corrected chi connectivity index (χ2v) is 5.22. The first-order valence-electron chi connectivity index (χ1n) is 6.78. The van der Waals surface area contributed by atoms with Crippen LogP contribution in [0.3, 0.4) is 0 Å². The van der Waals surface area contributed by atoms with Gasteiger partial charge in [-0.05, 0) is 12.8 Å². The quantitative estimate of drug-likeness (QED) is 0.611. The van der Waals surface area contributed by atoms with Gasteiger partial charge in [-0.1, -0.05) is 25.7 Å². The molecule has 0 aliphatic heterocycles. The fraction of sp³-hybridized carbons (Fsp3) is 0.846. The maximum Gasteiger partial charge on any atom is 0.328 e. The van der Waals surface area contributed by atoms with Crippen LogP contribution in [0.5, 0.6) is 0 Å². The molecule has 1 fully saturated rings. The van der Waals surface area contributed by atoms with Crippen LogP contribution in [0.25, 0.3) is 0 Å². The lowest BCUT2D eigenvalue weighted by Gasteiger charge is -2.31. The van der Waals surface area contributed by atoms with Crippen molar-refractivity contribution < 1.29 is 19.4 Å². The zero-order valence-corrected chi connectivity index (χ0v) is 11.5. The van der Waals surface area contributed by atoms with E-state index in [4.69, 9.17) is 15.6 Å². The molecule has 1 rings (SSSR count). The molecule has 1 atom stereocenters. The average molecular weight is 272 g/mol. The summed E-state index contributed by atoms with van der Waals surface area (Å²) in [5.74, 6) is -1.34. The zero-order chi connectivity index (χ0) is 14.3. The van der Waals surface area contributed by atoms with Gasteiger partial charge >= 0.3 is 5.97 Å². The van der Waals surface area contributed by atoms with Crippen LogP contribution < -0.4 is 11.1 Å². The molecule has 19 heavy (non-hydrogen) atoms. The molecular weight excluding hydrogens is 248 g/mol. The van der Waals surface area contributed by atoms with Crippen LogP contribution in [0.4, 0.5) is 0 Å². The first-order chi connectivity index (χ1) is 9.05. The number of carbonyl (C=O) groups excluding carboxylic acids is 1. The molecule has 0 radical (unpaired) electrons. The number of ether oxygens (including phenoxy) is 1. The Morgan fingerprint density at radius 3 is 2.32 bits per heavy atom. The van der Waals surface area contributed by atoms with E-state index in [0.29, 0.717) is 0 Å². The highest BCUT2D eigenvalue weighted by molar-refractivity contribution is 5.87. The highest BCUT2D eigenvalue weighted by Crippen LogP contribution is 2.34. The van der Waals surface area contributed by atoms with Crippen LogP contribution in [0.15, 0.2) is 0 Å². The third-order valence-electron chi connectivity index (χ3n) is 3.87. The van der Waals surface area contributed by atoms with Crippen LogP contribution in [0, 0.1) is 5.41 Å². The molecule has 1 unspecified atom stereocenters. The Labute approximate surface area is 113 Å². The topological polar surface area (TPSA) is 102 Å². The second kappa shape index (κ2) is 7.45. The number of nitrogens with one attached hydrogen (secondary N) is 1. The number of carboxylic acids is 1. The number of methoxy groups -OCH3 is 1. The van der Waals surface area contributed by atoms with Crippen molar-refractivity contribution in [2.45, 2.75) is 44.6 Å². The lowest BCUT2D eigenvalue weighted by atomic mass is 9.79. The highest BCUT2D eigenvalue weighted by atomic mass is 16.5. The molecule has 4 N–H and O–H groups in total. The van der Waals surface area contributed by atoms with E-state index in [1.807, 2.05) is 0 Å². The van der Waals surface area contributed by atoms with E-state index in [1.54, 1.807) is 0 Å². The molecule has 1 saturated carbocycles. The smallest absolute Gasteiger partial charge is 0.328 e. The van der Waals surface area contributed by atoms with Gasteiger partial charge in [0.2, 0.25) is 5.91 Å². The van der Waals surface area contributed by atoms with E-state index in [9.17, 15) is 9.59 Å². The van der Waals surface area contributed by atoms with Gasteiger partial charge in [-0.25, -0.2) is 4.79 Å². The Morgan fingerprint density at radius 1 is 1.32 bits per heavy atom. The Kier molecular flexibility index (Phi) is 6.24. The average Bonchev–Trinajstić information content (AvgIpc) is 2.64. The molecule has 0 aromatic carbocycles. The first kappa shape index (κ1) is 15.9. The number of hydrogen-bond donors (Lipinski definition) is 3. The van der Waals surface area contributed by atoms with Crippen molar-refractivity contribution in [3.63, 3.8) is 0 Å². The fourth-order valence-electron chi connectivity index (χ4n) is 2.58. The minimum Gasteiger partial charge on any atom is -0.480 e. The van der Waals surface area contributed by atoms with Crippen molar-refractivity contribution in [2.75, 3.05) is 20.3 Å². The summed E-state index contributed by atoms with van der Waals surface area (Å²) in [6.07, 6.45) is 5.60. The summed E-state index contributed by atoms with van der Waals surface area (Å²) in [7, 11) is 1.41. The molecule has 0 heterocycles. The molecule has 0 spiro atoms. The van der Waals surface area contributed by atoms with Gasteiger partial charge in [-0.15, -0.1) is 0 Å². The van der Waals surface area contributed by atoms with E-state index in [-0.39, 0.29) is 19.1 Å². The number of aliphatic carboxylic acids is 1. The first-order valence-corrected chi connectivity index (χ1v) is 6.78. The maximum atomic E-state index is 12.4.